The fourth-order valence-corrected chi connectivity index (χ4v) is 4.06. The maximum atomic E-state index is 6.32. The Morgan fingerprint density at radius 2 is 2.10 bits per heavy atom. The summed E-state index contributed by atoms with van der Waals surface area (Å²) in [6.45, 7) is 2.31. The van der Waals surface area contributed by atoms with E-state index in [1.807, 2.05) is 0 Å². The molecule has 1 aromatic rings. The van der Waals surface area contributed by atoms with Crippen molar-refractivity contribution in [2.75, 3.05) is 7.05 Å². The third-order valence-electron chi connectivity index (χ3n) is 5.39. The minimum atomic E-state index is 0.429. The fourth-order valence-electron chi connectivity index (χ4n) is 4.06. The first-order valence-electron chi connectivity index (χ1n) is 8.77. The van der Waals surface area contributed by atoms with Gasteiger partial charge >= 0.3 is 0 Å². The number of hydrogen-bond acceptors (Lipinski definition) is 2. The molecule has 2 heteroatoms. The average molecular weight is 287 g/mol. The first kappa shape index (κ1) is 14.9. The largest absolute Gasteiger partial charge is 0.490 e. The summed E-state index contributed by atoms with van der Waals surface area (Å²) in [7, 11) is 2.07. The second kappa shape index (κ2) is 6.83. The second-order valence-electron chi connectivity index (χ2n) is 6.77. The van der Waals surface area contributed by atoms with Crippen LogP contribution in [0.5, 0.6) is 5.75 Å². The van der Waals surface area contributed by atoms with E-state index in [0.717, 1.165) is 11.7 Å². The summed E-state index contributed by atoms with van der Waals surface area (Å²) in [5.74, 6) is 1.95. The molecule has 3 atom stereocenters. The van der Waals surface area contributed by atoms with Gasteiger partial charge in [-0.2, -0.15) is 0 Å². The van der Waals surface area contributed by atoms with Crippen LogP contribution in [0.1, 0.15) is 69.0 Å². The van der Waals surface area contributed by atoms with Crippen molar-refractivity contribution in [2.45, 2.75) is 70.4 Å². The smallest absolute Gasteiger partial charge is 0.120 e. The molecule has 0 aromatic heterocycles. The normalized spacial score (nSPS) is 29.0. The van der Waals surface area contributed by atoms with Crippen LogP contribution in [0.15, 0.2) is 18.2 Å². The predicted octanol–water partition coefficient (Wildman–Crippen LogP) is 4.63. The van der Waals surface area contributed by atoms with Gasteiger partial charge in [-0.25, -0.2) is 0 Å². The van der Waals surface area contributed by atoms with Crippen molar-refractivity contribution in [3.8, 4) is 5.75 Å². The zero-order valence-electron chi connectivity index (χ0n) is 13.5. The first-order chi connectivity index (χ1) is 10.3. The van der Waals surface area contributed by atoms with E-state index >= 15 is 0 Å². The van der Waals surface area contributed by atoms with Crippen molar-refractivity contribution in [3.63, 3.8) is 0 Å². The highest BCUT2D eigenvalue weighted by Gasteiger charge is 2.23. The van der Waals surface area contributed by atoms with Crippen LogP contribution in [0.2, 0.25) is 0 Å². The first-order valence-corrected chi connectivity index (χ1v) is 8.77. The molecule has 1 aromatic carbocycles. The summed E-state index contributed by atoms with van der Waals surface area (Å²) in [6, 6.07) is 7.28. The number of hydrogen-bond donors (Lipinski definition) is 1. The number of rotatable bonds is 4. The van der Waals surface area contributed by atoms with Crippen molar-refractivity contribution in [3.05, 3.63) is 29.3 Å². The van der Waals surface area contributed by atoms with Gasteiger partial charge in [0.05, 0.1) is 6.10 Å². The van der Waals surface area contributed by atoms with E-state index < -0.39 is 0 Å². The van der Waals surface area contributed by atoms with Crippen molar-refractivity contribution in [1.82, 2.24) is 5.32 Å². The van der Waals surface area contributed by atoms with Gasteiger partial charge in [0.2, 0.25) is 0 Å². The van der Waals surface area contributed by atoms with Crippen LogP contribution < -0.4 is 10.1 Å². The van der Waals surface area contributed by atoms with Crippen molar-refractivity contribution < 1.29 is 4.74 Å². The van der Waals surface area contributed by atoms with Gasteiger partial charge in [0.25, 0.3) is 0 Å². The van der Waals surface area contributed by atoms with Crippen molar-refractivity contribution in [2.24, 2.45) is 5.92 Å². The summed E-state index contributed by atoms with van der Waals surface area (Å²) >= 11 is 0. The Labute approximate surface area is 129 Å². The van der Waals surface area contributed by atoms with Crippen molar-refractivity contribution in [1.29, 1.82) is 0 Å². The molecule has 2 aliphatic carbocycles. The van der Waals surface area contributed by atoms with Crippen molar-refractivity contribution >= 4 is 0 Å². The lowest BCUT2D eigenvalue weighted by Crippen LogP contribution is -2.25. The van der Waals surface area contributed by atoms with E-state index in [1.54, 1.807) is 0 Å². The van der Waals surface area contributed by atoms with E-state index in [-0.39, 0.29) is 0 Å². The van der Waals surface area contributed by atoms with Gasteiger partial charge in [0, 0.05) is 6.04 Å². The molecule has 3 unspecified atom stereocenters. The lowest BCUT2D eigenvalue weighted by molar-refractivity contribution is 0.122. The van der Waals surface area contributed by atoms with Gasteiger partial charge in [-0.1, -0.05) is 25.8 Å². The van der Waals surface area contributed by atoms with E-state index in [4.69, 9.17) is 4.74 Å². The quantitative estimate of drug-likeness (QED) is 0.871. The Hall–Kier alpha value is -1.02. The summed E-state index contributed by atoms with van der Waals surface area (Å²) in [4.78, 5) is 0. The maximum Gasteiger partial charge on any atom is 0.120 e. The third-order valence-corrected chi connectivity index (χ3v) is 5.39. The van der Waals surface area contributed by atoms with E-state index in [0.29, 0.717) is 12.1 Å². The minimum absolute atomic E-state index is 0.429. The molecule has 116 valence electrons. The summed E-state index contributed by atoms with van der Waals surface area (Å²) in [5, 5.41) is 3.45. The highest BCUT2D eigenvalue weighted by Crippen LogP contribution is 2.34. The number of aryl methyl sites for hydroxylation is 1. The summed E-state index contributed by atoms with van der Waals surface area (Å²) < 4.78 is 6.32. The molecule has 21 heavy (non-hydrogen) atoms. The summed E-state index contributed by atoms with van der Waals surface area (Å²) in [5.41, 5.74) is 2.96. The van der Waals surface area contributed by atoms with Gasteiger partial charge in [0.15, 0.2) is 0 Å². The van der Waals surface area contributed by atoms with E-state index in [2.05, 4.69) is 37.5 Å². The molecule has 1 N–H and O–H groups in total. The van der Waals surface area contributed by atoms with E-state index in [1.165, 1.54) is 62.5 Å². The Bertz CT molecular complexity index is 471. The van der Waals surface area contributed by atoms with Gasteiger partial charge in [-0.05, 0) is 74.8 Å². The van der Waals surface area contributed by atoms with E-state index in [9.17, 15) is 0 Å². The zero-order chi connectivity index (χ0) is 14.7. The molecule has 0 bridgehead atoms. The van der Waals surface area contributed by atoms with Gasteiger partial charge in [-0.15, -0.1) is 0 Å². The molecule has 0 spiro atoms. The van der Waals surface area contributed by atoms with Gasteiger partial charge in [-0.3, -0.25) is 0 Å². The van der Waals surface area contributed by atoms with Crippen LogP contribution in [0.25, 0.3) is 0 Å². The van der Waals surface area contributed by atoms with Crippen LogP contribution in [0.4, 0.5) is 0 Å². The third kappa shape index (κ3) is 3.42. The predicted molar refractivity (Wildman–Crippen MR) is 87.8 cm³/mol. The highest BCUT2D eigenvalue weighted by molar-refractivity contribution is 5.39. The second-order valence-corrected chi connectivity index (χ2v) is 6.77. The lowest BCUT2D eigenvalue weighted by Gasteiger charge is -2.30. The van der Waals surface area contributed by atoms with Crippen LogP contribution in [-0.4, -0.2) is 13.2 Å². The average Bonchev–Trinajstić information content (AvgIpc) is 2.54. The minimum Gasteiger partial charge on any atom is -0.490 e. The molecule has 3 rings (SSSR count). The molecule has 2 nitrogen and oxygen atoms in total. The fraction of sp³-hybridized carbons (Fsp3) is 0.684. The SMILES string of the molecule is CCC1CCCC(Oc2ccc3c(c2)C(NC)CCC3)C1. The zero-order valence-corrected chi connectivity index (χ0v) is 13.5. The number of nitrogens with one attached hydrogen (secondary N) is 1. The molecule has 0 saturated heterocycles. The Morgan fingerprint density at radius 3 is 2.90 bits per heavy atom. The van der Waals surface area contributed by atoms with Gasteiger partial charge in [0.1, 0.15) is 5.75 Å². The molecule has 0 heterocycles. The molecule has 1 fully saturated rings. The molecule has 0 radical (unpaired) electrons. The number of ether oxygens (including phenoxy) is 1. The monoisotopic (exact) mass is 287 g/mol. The molecular formula is C19H29NO. The molecule has 0 aliphatic heterocycles. The topological polar surface area (TPSA) is 21.3 Å². The molecule has 2 aliphatic rings. The Kier molecular flexibility index (Phi) is 4.84. The Morgan fingerprint density at radius 1 is 1.19 bits per heavy atom. The number of fused-ring (bicyclic) bond motifs is 1. The highest BCUT2D eigenvalue weighted by atomic mass is 16.5. The van der Waals surface area contributed by atoms with Gasteiger partial charge < -0.3 is 10.1 Å². The van der Waals surface area contributed by atoms with Crippen LogP contribution in [0, 0.1) is 5.92 Å². The van der Waals surface area contributed by atoms with Crippen LogP contribution in [-0.2, 0) is 6.42 Å². The van der Waals surface area contributed by atoms with Crippen LogP contribution in [0.3, 0.4) is 0 Å². The molecule has 0 amide bonds. The standard InChI is InChI=1S/C19H29NO/c1-3-14-6-4-8-16(12-14)21-17-11-10-15-7-5-9-19(20-2)18(15)13-17/h10-11,13-14,16,19-20H,3-9,12H2,1-2H3. The lowest BCUT2D eigenvalue weighted by atomic mass is 9.85. The molecule has 1 saturated carbocycles. The summed E-state index contributed by atoms with van der Waals surface area (Å²) in [6.07, 6.45) is 10.7. The Balaban J connectivity index is 1.71. The van der Waals surface area contributed by atoms with Crippen LogP contribution >= 0.6 is 0 Å². The number of benzene rings is 1. The molecular weight excluding hydrogens is 258 g/mol. The maximum absolute atomic E-state index is 6.32.